The summed E-state index contributed by atoms with van der Waals surface area (Å²) in [6, 6.07) is 21.1. The van der Waals surface area contributed by atoms with Gasteiger partial charge in [-0.25, -0.2) is 19.1 Å². The Morgan fingerprint density at radius 3 is 1.61 bits per heavy atom. The van der Waals surface area contributed by atoms with Gasteiger partial charge in [-0.15, -0.1) is 5.10 Å². The number of aliphatic carboxylic acids is 2. The van der Waals surface area contributed by atoms with Crippen LogP contribution in [0.3, 0.4) is 0 Å². The largest absolute Gasteiger partial charge is 0.481 e. The molecule has 2 aromatic carbocycles. The minimum atomic E-state index is -1.20. The number of anilines is 2. The Labute approximate surface area is 749 Å². The number of benzene rings is 2. The lowest BCUT2D eigenvalue weighted by Crippen LogP contribution is -2.47. The Morgan fingerprint density at radius 1 is 0.516 bits per heavy atom. The molecule has 0 radical (unpaired) electrons. The topological polar surface area (TPSA) is 546 Å². The summed E-state index contributed by atoms with van der Waals surface area (Å²) in [6.45, 7) is 13.8. The number of halogens is 1. The number of carboxylic acid groups (broad SMARTS) is 2. The van der Waals surface area contributed by atoms with E-state index in [-0.39, 0.29) is 93.7 Å². The lowest BCUT2D eigenvalue weighted by molar-refractivity contribution is -0.193. The molecule has 0 unspecified atom stereocenters. The molecule has 5 aromatic rings. The summed E-state index contributed by atoms with van der Waals surface area (Å²) in [5, 5.41) is 52.5. The quantitative estimate of drug-likeness (QED) is 0.0151. The number of carboxylic acids is 2. The van der Waals surface area contributed by atoms with Crippen molar-refractivity contribution in [2.24, 2.45) is 0 Å². The van der Waals surface area contributed by atoms with Crippen LogP contribution < -0.4 is 53.4 Å². The zero-order valence-corrected chi connectivity index (χ0v) is 73.8. The number of carbonyl (C=O) groups excluding carboxylic acids is 11. The van der Waals surface area contributed by atoms with E-state index in [4.69, 9.17) is 93.5 Å². The maximum Gasteiger partial charge on any atom is 0.373 e. The van der Waals surface area contributed by atoms with Gasteiger partial charge >= 0.3 is 42.5 Å². The SMILES string of the molecule is O=C(O)CCCNC(=O)N[C@@H](CCCCNC(=O)Nc1cccc(-c2cn(CCOCCOCCOCCOCCOCCOCCC(=O)N[C@@H](CCCCNC(=S)Nc3cc(CN4CCOCCOCCN(Cc5ccccn5)CCOCCOCC4)[nH]c(=O)c3)C(=O)NCCCCCNC(=O)Cc3ccc(I)cc3)nn2)c1)C(=O)O.O=C=O.O=C=O.O=C=O. The van der Waals surface area contributed by atoms with Gasteiger partial charge in [0.2, 0.25) is 23.3 Å². The van der Waals surface area contributed by atoms with Crippen LogP contribution in [0.15, 0.2) is 96.1 Å². The van der Waals surface area contributed by atoms with Gasteiger partial charge in [-0.3, -0.25) is 38.8 Å². The molecular weight excluding hydrogens is 1780 g/mol. The number of amides is 7. The second kappa shape index (κ2) is 73.8. The van der Waals surface area contributed by atoms with Crippen molar-refractivity contribution in [3.8, 4) is 11.3 Å². The molecule has 7 amide bonds. The number of pyridine rings is 2. The molecule has 42 nitrogen and oxygen atoms in total. The molecule has 1 aliphatic rings. The lowest BCUT2D eigenvalue weighted by atomic mass is 10.1. The zero-order valence-electron chi connectivity index (χ0n) is 70.8. The van der Waals surface area contributed by atoms with E-state index in [9.17, 15) is 43.5 Å². The molecule has 1 saturated heterocycles. The monoisotopic (exact) mass is 1900 g/mol. The molecule has 2 atom stereocenters. The molecule has 1 fully saturated rings. The second-order valence-electron chi connectivity index (χ2n) is 27.4. The van der Waals surface area contributed by atoms with Crippen LogP contribution in [0.5, 0.6) is 0 Å². The highest BCUT2D eigenvalue weighted by molar-refractivity contribution is 14.1. The molecule has 0 spiro atoms. The molecular formula is C82H119IN16O26S. The van der Waals surface area contributed by atoms with Gasteiger partial charge < -0.3 is 110 Å². The van der Waals surface area contributed by atoms with Crippen LogP contribution in [-0.4, -0.2) is 313 Å². The van der Waals surface area contributed by atoms with Crippen molar-refractivity contribution in [1.82, 2.24) is 72.0 Å². The average Bonchev–Trinajstić information content (AvgIpc) is 1.79. The first-order valence-electron chi connectivity index (χ1n) is 41.3. The number of ether oxygens (including phenoxy) is 10. The van der Waals surface area contributed by atoms with Crippen molar-refractivity contribution in [2.45, 2.75) is 115 Å². The molecule has 12 N–H and O–H groups in total. The van der Waals surface area contributed by atoms with Crippen molar-refractivity contribution in [2.75, 3.05) is 202 Å². The summed E-state index contributed by atoms with van der Waals surface area (Å²) in [6.07, 6.45) is 9.55. The lowest BCUT2D eigenvalue weighted by Gasteiger charge is -2.23. The summed E-state index contributed by atoms with van der Waals surface area (Å²) >= 11 is 7.88. The van der Waals surface area contributed by atoms with E-state index in [2.05, 4.69) is 101 Å². The Hall–Kier alpha value is -10.3. The fraction of sp³-hybridized carbons (Fsp3) is 0.573. The minimum absolute atomic E-state index is 0.0366. The predicted octanol–water partition coefficient (Wildman–Crippen LogP) is 2.95. The third-order valence-electron chi connectivity index (χ3n) is 17.6. The van der Waals surface area contributed by atoms with E-state index in [0.29, 0.717) is 244 Å². The number of carbonyl (C=O) groups is 7. The van der Waals surface area contributed by atoms with Gasteiger partial charge in [0.05, 0.1) is 157 Å². The first-order chi connectivity index (χ1) is 61.3. The molecule has 0 saturated carbocycles. The maximum atomic E-state index is 13.6. The smallest absolute Gasteiger partial charge is 0.373 e. The number of aromatic nitrogens is 5. The van der Waals surface area contributed by atoms with Crippen LogP contribution >= 0.6 is 34.8 Å². The fourth-order valence-electron chi connectivity index (χ4n) is 11.5. The van der Waals surface area contributed by atoms with E-state index in [1.165, 1.54) is 6.07 Å². The number of nitrogens with one attached hydrogen (secondary N) is 10. The van der Waals surface area contributed by atoms with Gasteiger partial charge in [0.25, 0.3) is 0 Å². The van der Waals surface area contributed by atoms with E-state index in [0.717, 1.165) is 46.3 Å². The number of aromatic amines is 1. The third kappa shape index (κ3) is 58.8. The molecule has 696 valence electrons. The number of hydrogen-bond donors (Lipinski definition) is 12. The van der Waals surface area contributed by atoms with Crippen LogP contribution in [0.2, 0.25) is 0 Å². The molecule has 0 bridgehead atoms. The molecule has 126 heavy (non-hydrogen) atoms. The van der Waals surface area contributed by atoms with Crippen molar-refractivity contribution in [1.29, 1.82) is 0 Å². The van der Waals surface area contributed by atoms with Crippen molar-refractivity contribution in [3.63, 3.8) is 0 Å². The first kappa shape index (κ1) is 110. The molecule has 1 aliphatic heterocycles. The molecule has 6 rings (SSSR count). The van der Waals surface area contributed by atoms with Gasteiger partial charge in [0.15, 0.2) is 5.11 Å². The van der Waals surface area contributed by atoms with Crippen LogP contribution in [0.4, 0.5) is 21.0 Å². The minimum Gasteiger partial charge on any atom is -0.481 e. The number of unbranched alkanes of at least 4 members (excludes halogenated alkanes) is 4. The first-order valence-corrected chi connectivity index (χ1v) is 42.8. The number of H-pyrrole nitrogens is 1. The number of hydrogen-bond acceptors (Lipinski definition) is 30. The van der Waals surface area contributed by atoms with Gasteiger partial charge in [-0.2, -0.15) is 28.8 Å². The highest BCUT2D eigenvalue weighted by atomic mass is 127. The Morgan fingerprint density at radius 2 is 1.04 bits per heavy atom. The Balaban J connectivity index is 0.00000435. The highest BCUT2D eigenvalue weighted by Crippen LogP contribution is 2.21. The second-order valence-corrected chi connectivity index (χ2v) is 29.0. The van der Waals surface area contributed by atoms with E-state index >= 15 is 0 Å². The van der Waals surface area contributed by atoms with E-state index < -0.39 is 36.1 Å². The van der Waals surface area contributed by atoms with Gasteiger partial charge in [0, 0.05) is 123 Å². The molecule has 44 heteroatoms. The number of thiocarbonyl (C=S) groups is 1. The molecule has 0 aliphatic carbocycles. The van der Waals surface area contributed by atoms with Gasteiger partial charge in [-0.1, -0.05) is 35.5 Å². The van der Waals surface area contributed by atoms with E-state index in [1.54, 1.807) is 35.3 Å². The summed E-state index contributed by atoms with van der Waals surface area (Å²) in [5.74, 6) is -2.86. The summed E-state index contributed by atoms with van der Waals surface area (Å²) in [5.41, 5.74) is 4.71. The maximum absolute atomic E-state index is 13.6. The number of urea groups is 2. The van der Waals surface area contributed by atoms with Crippen molar-refractivity contribution >= 4 is 111 Å². The van der Waals surface area contributed by atoms with Crippen LogP contribution in [0.1, 0.15) is 94.0 Å². The van der Waals surface area contributed by atoms with Crippen LogP contribution in [-0.2, 0) is 126 Å². The van der Waals surface area contributed by atoms with Gasteiger partial charge in [-0.05, 0) is 147 Å². The zero-order chi connectivity index (χ0) is 91.5. The van der Waals surface area contributed by atoms with E-state index in [1.807, 2.05) is 54.6 Å². The summed E-state index contributed by atoms with van der Waals surface area (Å²) < 4.78 is 60.4. The van der Waals surface area contributed by atoms with Crippen LogP contribution in [0, 0.1) is 3.57 Å². The molecule has 4 heterocycles. The Kier molecular flexibility index (Phi) is 64.3. The van der Waals surface area contributed by atoms with Crippen LogP contribution in [0.25, 0.3) is 11.3 Å². The number of nitrogens with zero attached hydrogens (tertiary/aromatic N) is 6. The third-order valence-corrected chi connectivity index (χ3v) is 18.6. The standard InChI is InChI=1S/C79H119IN16O20S.3CO2/c80-63-20-18-61(19-21-63)54-72(98)82-24-5-1-6-25-83-75(102)68(15-3-9-27-86-79(117)89-66-56-67(87-73(99)57-66)59-95-31-37-110-43-41-108-35-29-94(58-65-13-2-7-23-81-65)30-36-109-42-44-111-38-32-95)90-71(97)22-34-107-40-46-113-48-50-115-52-53-116-51-49-114-47-45-112-39-33-96-60-70(92-93-96)62-12-10-14-64(55-62)88-77(105)84-26-8-4-16-69(76(103)104)91-78(106)85-28-11-17-74(100)101;3*2-1-3/h2,7,10,12-14,18-21,23,55-57,60,68-69H,1,3-6,8-9,11,15-17,22,24-54,58-59H2,(H,82,98)(H,83,102)(H,90,97)(H,100,101)(H,103,104)(H2,84,88,105)(H2,85,91,106)(H3,86,87,89,99,117);;;/t68-,69-;;;/m0.../s1. The van der Waals surface area contributed by atoms with Crippen molar-refractivity contribution in [3.05, 3.63) is 122 Å². The Bertz CT molecular complexity index is 3970. The predicted molar refractivity (Wildman–Crippen MR) is 464 cm³/mol. The normalized spacial score (nSPS) is 13.2. The highest BCUT2D eigenvalue weighted by Gasteiger charge is 2.23. The number of rotatable bonds is 54. The average molecular weight is 1900 g/mol. The summed E-state index contributed by atoms with van der Waals surface area (Å²) in [4.78, 5) is 160. The van der Waals surface area contributed by atoms with Gasteiger partial charge in [0.1, 0.15) is 17.8 Å². The summed E-state index contributed by atoms with van der Waals surface area (Å²) in [7, 11) is 0. The fourth-order valence-corrected chi connectivity index (χ4v) is 12.1. The molecule has 3 aromatic heterocycles. The van der Waals surface area contributed by atoms with Crippen molar-refractivity contribution < 1.29 is 120 Å².